The van der Waals surface area contributed by atoms with Crippen LogP contribution >= 0.6 is 22.7 Å². The van der Waals surface area contributed by atoms with E-state index in [1.165, 1.54) is 5.56 Å². The van der Waals surface area contributed by atoms with Gasteiger partial charge in [0.2, 0.25) is 5.91 Å². The minimum Gasteiger partial charge on any atom is -0.349 e. The first-order valence-electron chi connectivity index (χ1n) is 8.27. The fraction of sp³-hybridized carbons (Fsp3) is 0.211. The van der Waals surface area contributed by atoms with Gasteiger partial charge in [0.1, 0.15) is 10.8 Å². The number of thiazole rings is 1. The number of nitrogens with one attached hydrogen (secondary N) is 1. The lowest BCUT2D eigenvalue weighted by atomic mass is 10.2. The normalized spacial score (nSPS) is 11.2. The second-order valence-electron chi connectivity index (χ2n) is 6.10. The van der Waals surface area contributed by atoms with Crippen LogP contribution in [0, 0.1) is 6.92 Å². The van der Waals surface area contributed by atoms with Gasteiger partial charge in [0, 0.05) is 12.4 Å². The van der Waals surface area contributed by atoms with Crippen LogP contribution in [0.2, 0.25) is 0 Å². The number of carbonyl (C=O) groups excluding carboxylic acids is 1. The maximum absolute atomic E-state index is 12.3. The number of benzene rings is 1. The molecule has 1 N–H and O–H groups in total. The van der Waals surface area contributed by atoms with E-state index in [4.69, 9.17) is 0 Å². The van der Waals surface area contributed by atoms with Crippen molar-refractivity contribution in [2.75, 3.05) is 0 Å². The molecule has 0 radical (unpaired) electrons. The van der Waals surface area contributed by atoms with Gasteiger partial charge in [-0.1, -0.05) is 18.2 Å². The standard InChI is InChI=1S/C19H18N4OS2/c1-12-5-3-6-14-18(12)23(2)16(22-14)10-20-17(24)9-13-11-26-19(21-13)15-7-4-8-25-15/h3-8,11H,9-10H2,1-2H3,(H,20,24). The highest BCUT2D eigenvalue weighted by Gasteiger charge is 2.12. The minimum absolute atomic E-state index is 0.0446. The zero-order valence-electron chi connectivity index (χ0n) is 14.5. The number of fused-ring (bicyclic) bond motifs is 1. The molecule has 4 rings (SSSR count). The summed E-state index contributed by atoms with van der Waals surface area (Å²) in [6, 6.07) is 10.1. The van der Waals surface area contributed by atoms with E-state index in [0.717, 1.165) is 32.4 Å². The average Bonchev–Trinajstić information content (AvgIpc) is 3.34. The first kappa shape index (κ1) is 16.9. The van der Waals surface area contributed by atoms with Gasteiger partial charge in [0.25, 0.3) is 0 Å². The molecule has 5 nitrogen and oxygen atoms in total. The molecular weight excluding hydrogens is 364 g/mol. The van der Waals surface area contributed by atoms with Crippen LogP contribution in [0.5, 0.6) is 0 Å². The Balaban J connectivity index is 1.42. The first-order chi connectivity index (χ1) is 12.6. The third-order valence-corrected chi connectivity index (χ3v) is 6.19. The molecule has 26 heavy (non-hydrogen) atoms. The Kier molecular flexibility index (Phi) is 4.57. The molecule has 7 heteroatoms. The van der Waals surface area contributed by atoms with Crippen molar-refractivity contribution in [1.82, 2.24) is 19.9 Å². The van der Waals surface area contributed by atoms with Crippen molar-refractivity contribution in [3.63, 3.8) is 0 Å². The smallest absolute Gasteiger partial charge is 0.226 e. The van der Waals surface area contributed by atoms with E-state index in [9.17, 15) is 4.79 Å². The SMILES string of the molecule is Cc1cccc2nc(CNC(=O)Cc3csc(-c4cccs4)n3)n(C)c12. The number of hydrogen-bond donors (Lipinski definition) is 1. The van der Waals surface area contributed by atoms with Gasteiger partial charge in [0.15, 0.2) is 0 Å². The Bertz CT molecular complexity index is 1060. The first-order valence-corrected chi connectivity index (χ1v) is 10.0. The van der Waals surface area contributed by atoms with Gasteiger partial charge < -0.3 is 9.88 Å². The summed E-state index contributed by atoms with van der Waals surface area (Å²) in [7, 11) is 1.98. The van der Waals surface area contributed by atoms with Crippen molar-refractivity contribution in [3.05, 3.63) is 58.2 Å². The quantitative estimate of drug-likeness (QED) is 0.569. The summed E-state index contributed by atoms with van der Waals surface area (Å²) in [5.74, 6) is 0.803. The second kappa shape index (κ2) is 7.01. The molecule has 0 aliphatic heterocycles. The van der Waals surface area contributed by atoms with E-state index in [1.54, 1.807) is 22.7 Å². The molecule has 0 bridgehead atoms. The summed E-state index contributed by atoms with van der Waals surface area (Å²) in [4.78, 5) is 22.6. The molecule has 132 valence electrons. The number of aryl methyl sites for hydroxylation is 2. The molecule has 1 amide bonds. The molecule has 0 unspecified atom stereocenters. The van der Waals surface area contributed by atoms with Gasteiger partial charge in [-0.25, -0.2) is 9.97 Å². The lowest BCUT2D eigenvalue weighted by Gasteiger charge is -2.05. The van der Waals surface area contributed by atoms with Crippen molar-refractivity contribution in [3.8, 4) is 9.88 Å². The van der Waals surface area contributed by atoms with Crippen LogP contribution in [0.4, 0.5) is 0 Å². The van der Waals surface area contributed by atoms with Gasteiger partial charge in [-0.05, 0) is 30.0 Å². The van der Waals surface area contributed by atoms with E-state index in [-0.39, 0.29) is 12.3 Å². The van der Waals surface area contributed by atoms with Crippen molar-refractivity contribution >= 4 is 39.6 Å². The number of imidazole rings is 1. The highest BCUT2D eigenvalue weighted by Crippen LogP contribution is 2.27. The van der Waals surface area contributed by atoms with E-state index in [0.29, 0.717) is 6.54 Å². The highest BCUT2D eigenvalue weighted by molar-refractivity contribution is 7.20. The number of hydrogen-bond acceptors (Lipinski definition) is 5. The van der Waals surface area contributed by atoms with Gasteiger partial charge in [-0.15, -0.1) is 22.7 Å². The highest BCUT2D eigenvalue weighted by atomic mass is 32.1. The minimum atomic E-state index is -0.0446. The molecule has 1 aromatic carbocycles. The van der Waals surface area contributed by atoms with Crippen LogP contribution in [0.1, 0.15) is 17.1 Å². The van der Waals surface area contributed by atoms with E-state index in [1.807, 2.05) is 46.6 Å². The zero-order valence-corrected chi connectivity index (χ0v) is 16.2. The van der Waals surface area contributed by atoms with Crippen LogP contribution < -0.4 is 5.32 Å². The lowest BCUT2D eigenvalue weighted by molar-refractivity contribution is -0.120. The number of carbonyl (C=O) groups is 1. The van der Waals surface area contributed by atoms with Gasteiger partial charge in [-0.2, -0.15) is 0 Å². The third kappa shape index (κ3) is 3.27. The largest absolute Gasteiger partial charge is 0.349 e. The molecule has 3 heterocycles. The average molecular weight is 383 g/mol. The Morgan fingerprint density at radius 1 is 1.19 bits per heavy atom. The van der Waals surface area contributed by atoms with Crippen molar-refractivity contribution < 1.29 is 4.79 Å². The summed E-state index contributed by atoms with van der Waals surface area (Å²) in [6.07, 6.45) is 0.283. The van der Waals surface area contributed by atoms with Crippen molar-refractivity contribution in [1.29, 1.82) is 0 Å². The molecule has 0 atom stereocenters. The van der Waals surface area contributed by atoms with Gasteiger partial charge in [-0.3, -0.25) is 4.79 Å². The Morgan fingerprint density at radius 2 is 2.08 bits per heavy atom. The molecule has 0 spiro atoms. The number of aromatic nitrogens is 3. The van der Waals surface area contributed by atoms with Crippen LogP contribution in [0.25, 0.3) is 20.9 Å². The number of amides is 1. The van der Waals surface area contributed by atoms with E-state index in [2.05, 4.69) is 28.3 Å². The molecule has 0 saturated heterocycles. The van der Waals surface area contributed by atoms with Crippen LogP contribution in [0.15, 0.2) is 41.1 Å². The van der Waals surface area contributed by atoms with Gasteiger partial charge >= 0.3 is 0 Å². The van der Waals surface area contributed by atoms with Crippen LogP contribution in [-0.2, 0) is 24.8 Å². The summed E-state index contributed by atoms with van der Waals surface area (Å²) in [5, 5.41) is 7.90. The summed E-state index contributed by atoms with van der Waals surface area (Å²) in [6.45, 7) is 2.48. The molecule has 4 aromatic rings. The Morgan fingerprint density at radius 3 is 2.85 bits per heavy atom. The predicted molar refractivity (Wildman–Crippen MR) is 106 cm³/mol. The number of nitrogens with zero attached hydrogens (tertiary/aromatic N) is 3. The summed E-state index contributed by atoms with van der Waals surface area (Å²) >= 11 is 3.23. The summed E-state index contributed by atoms with van der Waals surface area (Å²) in [5.41, 5.74) is 4.05. The number of para-hydroxylation sites is 1. The molecule has 0 aliphatic carbocycles. The van der Waals surface area contributed by atoms with Crippen molar-refractivity contribution in [2.45, 2.75) is 19.9 Å². The molecule has 0 aliphatic rings. The molecule has 0 saturated carbocycles. The Labute approximate surface area is 159 Å². The maximum Gasteiger partial charge on any atom is 0.226 e. The fourth-order valence-corrected chi connectivity index (χ4v) is 4.61. The predicted octanol–water partition coefficient (Wildman–Crippen LogP) is 3.93. The van der Waals surface area contributed by atoms with Crippen LogP contribution in [-0.4, -0.2) is 20.4 Å². The number of thiophene rings is 1. The monoisotopic (exact) mass is 382 g/mol. The van der Waals surface area contributed by atoms with Crippen LogP contribution in [0.3, 0.4) is 0 Å². The third-order valence-electron chi connectivity index (χ3n) is 4.26. The zero-order chi connectivity index (χ0) is 18.1. The number of rotatable bonds is 5. The van der Waals surface area contributed by atoms with E-state index >= 15 is 0 Å². The second-order valence-corrected chi connectivity index (χ2v) is 7.91. The molecule has 0 fully saturated rings. The lowest BCUT2D eigenvalue weighted by Crippen LogP contribution is -2.26. The maximum atomic E-state index is 12.3. The fourth-order valence-electron chi connectivity index (χ4n) is 2.98. The Hall–Kier alpha value is -2.51. The topological polar surface area (TPSA) is 59.8 Å². The summed E-state index contributed by atoms with van der Waals surface area (Å²) < 4.78 is 2.04. The van der Waals surface area contributed by atoms with Gasteiger partial charge in [0.05, 0.1) is 34.6 Å². The van der Waals surface area contributed by atoms with E-state index < -0.39 is 0 Å². The molecule has 3 aromatic heterocycles. The van der Waals surface area contributed by atoms with Crippen molar-refractivity contribution in [2.24, 2.45) is 7.05 Å². The molecular formula is C19H18N4OS2.